The van der Waals surface area contributed by atoms with Crippen LogP contribution in [0.2, 0.25) is 5.02 Å². The summed E-state index contributed by atoms with van der Waals surface area (Å²) in [7, 11) is -4.69. The van der Waals surface area contributed by atoms with E-state index in [1.807, 2.05) is 0 Å². The first kappa shape index (κ1) is 20.1. The monoisotopic (exact) mass is 402 g/mol. The van der Waals surface area contributed by atoms with Gasteiger partial charge in [-0.25, -0.2) is 8.42 Å². The molecule has 0 saturated carbocycles. The third-order valence-corrected chi connectivity index (χ3v) is 5.14. The number of carbonyl (C=O) groups excluding carboxylic acids is 1. The van der Waals surface area contributed by atoms with E-state index in [1.165, 1.54) is 12.1 Å². The molecule has 0 bridgehead atoms. The van der Waals surface area contributed by atoms with E-state index in [0.29, 0.717) is 17.1 Å². The predicted octanol–water partition coefficient (Wildman–Crippen LogP) is 4.17. The Balaban J connectivity index is 1.87. The lowest BCUT2D eigenvalue weighted by Gasteiger charge is -2.12. The number of halogens is 3. The van der Waals surface area contributed by atoms with E-state index in [-0.39, 0.29) is 24.6 Å². The number of benzene rings is 2. The molecule has 0 unspecified atom stereocenters. The van der Waals surface area contributed by atoms with Crippen LogP contribution >= 0.6 is 11.6 Å². The molecule has 9 heteroatoms. The van der Waals surface area contributed by atoms with Crippen molar-refractivity contribution in [1.29, 1.82) is 0 Å². The standard InChI is InChI=1S/C17H17ClF2N2O3S/c18-12-7-9-13(10-8-12)22-16(23)6-3-11-21-14-4-1-2-5-15(14)26(24,25)17(19)20/h1-2,4-5,7-10,17,21H,3,6,11H2,(H,22,23). The maximum Gasteiger partial charge on any atom is 0.341 e. The molecule has 0 aromatic heterocycles. The van der Waals surface area contributed by atoms with Gasteiger partial charge in [0.25, 0.3) is 0 Å². The molecule has 0 aliphatic rings. The molecule has 0 radical (unpaired) electrons. The number of para-hydroxylation sites is 1. The quantitative estimate of drug-likeness (QED) is 0.650. The minimum Gasteiger partial charge on any atom is -0.384 e. The zero-order valence-corrected chi connectivity index (χ0v) is 15.2. The minimum absolute atomic E-state index is 0.0888. The lowest BCUT2D eigenvalue weighted by Crippen LogP contribution is -2.16. The van der Waals surface area contributed by atoms with E-state index in [9.17, 15) is 22.0 Å². The summed E-state index contributed by atoms with van der Waals surface area (Å²) < 4.78 is 48.8. The van der Waals surface area contributed by atoms with Gasteiger partial charge in [0.2, 0.25) is 15.7 Å². The normalized spacial score (nSPS) is 11.4. The van der Waals surface area contributed by atoms with Crippen molar-refractivity contribution in [2.75, 3.05) is 17.2 Å². The lowest BCUT2D eigenvalue weighted by atomic mass is 10.2. The van der Waals surface area contributed by atoms with E-state index in [0.717, 1.165) is 6.07 Å². The molecule has 0 spiro atoms. The molecule has 2 rings (SSSR count). The molecule has 26 heavy (non-hydrogen) atoms. The number of hydrogen-bond donors (Lipinski definition) is 2. The maximum atomic E-state index is 12.7. The molecular weight excluding hydrogens is 386 g/mol. The fraction of sp³-hybridized carbons (Fsp3) is 0.235. The molecule has 0 aliphatic heterocycles. The maximum absolute atomic E-state index is 12.7. The zero-order chi connectivity index (χ0) is 19.2. The average Bonchev–Trinajstić information content (AvgIpc) is 2.61. The second-order valence-electron chi connectivity index (χ2n) is 5.39. The molecule has 2 aromatic carbocycles. The second kappa shape index (κ2) is 8.95. The third-order valence-electron chi connectivity index (χ3n) is 3.45. The van der Waals surface area contributed by atoms with Crippen LogP contribution < -0.4 is 10.6 Å². The van der Waals surface area contributed by atoms with Gasteiger partial charge in [0, 0.05) is 23.7 Å². The highest BCUT2D eigenvalue weighted by Gasteiger charge is 2.28. The van der Waals surface area contributed by atoms with Gasteiger partial charge < -0.3 is 10.6 Å². The van der Waals surface area contributed by atoms with Crippen LogP contribution in [0.15, 0.2) is 53.4 Å². The van der Waals surface area contributed by atoms with Gasteiger partial charge in [-0.1, -0.05) is 23.7 Å². The van der Waals surface area contributed by atoms with Gasteiger partial charge in [0.1, 0.15) is 0 Å². The first-order chi connectivity index (χ1) is 12.3. The van der Waals surface area contributed by atoms with E-state index in [2.05, 4.69) is 10.6 Å². The van der Waals surface area contributed by atoms with Crippen molar-refractivity contribution in [3.63, 3.8) is 0 Å². The van der Waals surface area contributed by atoms with E-state index >= 15 is 0 Å². The Morgan fingerprint density at radius 2 is 1.73 bits per heavy atom. The Morgan fingerprint density at radius 3 is 2.38 bits per heavy atom. The van der Waals surface area contributed by atoms with Gasteiger partial charge in [-0.05, 0) is 42.8 Å². The molecule has 1 amide bonds. The largest absolute Gasteiger partial charge is 0.384 e. The highest BCUT2D eigenvalue weighted by atomic mass is 35.5. The summed E-state index contributed by atoms with van der Waals surface area (Å²) in [5.41, 5.74) is 0.701. The smallest absolute Gasteiger partial charge is 0.341 e. The highest BCUT2D eigenvalue weighted by Crippen LogP contribution is 2.26. The van der Waals surface area contributed by atoms with Gasteiger partial charge >= 0.3 is 5.76 Å². The third kappa shape index (κ3) is 5.40. The molecule has 2 aromatic rings. The number of sulfone groups is 1. The number of hydrogen-bond acceptors (Lipinski definition) is 4. The molecule has 0 heterocycles. The predicted molar refractivity (Wildman–Crippen MR) is 97.4 cm³/mol. The van der Waals surface area contributed by atoms with Crippen molar-refractivity contribution in [3.05, 3.63) is 53.6 Å². The summed E-state index contributed by atoms with van der Waals surface area (Å²) in [6.45, 7) is 0.254. The average molecular weight is 403 g/mol. The zero-order valence-electron chi connectivity index (χ0n) is 13.6. The summed E-state index contributed by atoms with van der Waals surface area (Å²) in [4.78, 5) is 11.4. The molecule has 5 nitrogen and oxygen atoms in total. The van der Waals surface area contributed by atoms with Gasteiger partial charge in [-0.3, -0.25) is 4.79 Å². The van der Waals surface area contributed by atoms with Gasteiger partial charge in [0.05, 0.1) is 10.6 Å². The summed E-state index contributed by atoms with van der Waals surface area (Å²) in [5.74, 6) is -3.71. The Kier molecular flexibility index (Phi) is 6.93. The molecule has 0 saturated heterocycles. The first-order valence-electron chi connectivity index (χ1n) is 7.71. The van der Waals surface area contributed by atoms with Crippen molar-refractivity contribution in [3.8, 4) is 0 Å². The minimum atomic E-state index is -4.69. The topological polar surface area (TPSA) is 75.3 Å². The number of alkyl halides is 2. The van der Waals surface area contributed by atoms with E-state index in [1.54, 1.807) is 30.3 Å². The van der Waals surface area contributed by atoms with Crippen LogP contribution in [0.3, 0.4) is 0 Å². The van der Waals surface area contributed by atoms with Crippen LogP contribution in [0.4, 0.5) is 20.2 Å². The van der Waals surface area contributed by atoms with Crippen LogP contribution in [-0.2, 0) is 14.6 Å². The second-order valence-corrected chi connectivity index (χ2v) is 7.71. The molecule has 140 valence electrons. The van der Waals surface area contributed by atoms with Crippen molar-refractivity contribution < 1.29 is 22.0 Å². The summed E-state index contributed by atoms with van der Waals surface area (Å²) in [5, 5.41) is 6.05. The van der Waals surface area contributed by atoms with Crippen LogP contribution in [0, 0.1) is 0 Å². The fourth-order valence-electron chi connectivity index (χ4n) is 2.19. The van der Waals surface area contributed by atoms with Gasteiger partial charge in [-0.15, -0.1) is 0 Å². The summed E-state index contributed by atoms with van der Waals surface area (Å²) in [6, 6.07) is 12.1. The first-order valence-corrected chi connectivity index (χ1v) is 9.63. The van der Waals surface area contributed by atoms with Crippen LogP contribution in [0.5, 0.6) is 0 Å². The van der Waals surface area contributed by atoms with Crippen LogP contribution in [0.25, 0.3) is 0 Å². The van der Waals surface area contributed by atoms with Crippen molar-refractivity contribution in [2.45, 2.75) is 23.5 Å². The van der Waals surface area contributed by atoms with Gasteiger partial charge in [0.15, 0.2) is 0 Å². The molecule has 2 N–H and O–H groups in total. The van der Waals surface area contributed by atoms with E-state index in [4.69, 9.17) is 11.6 Å². The molecule has 0 fully saturated rings. The molecular formula is C17H17ClF2N2O3S. The Morgan fingerprint density at radius 1 is 1.08 bits per heavy atom. The lowest BCUT2D eigenvalue weighted by molar-refractivity contribution is -0.116. The number of nitrogens with one attached hydrogen (secondary N) is 2. The van der Waals surface area contributed by atoms with Crippen LogP contribution in [-0.4, -0.2) is 26.6 Å². The Bertz CT molecular complexity index is 859. The van der Waals surface area contributed by atoms with E-state index < -0.39 is 20.5 Å². The summed E-state index contributed by atoms with van der Waals surface area (Å²) in [6.07, 6.45) is 0.571. The fourth-order valence-corrected chi connectivity index (χ4v) is 3.22. The SMILES string of the molecule is O=C(CCCNc1ccccc1S(=O)(=O)C(F)F)Nc1ccc(Cl)cc1. The van der Waals surface area contributed by atoms with Crippen molar-refractivity contribution >= 4 is 38.7 Å². The Labute approximate surface area is 155 Å². The molecule has 0 aliphatic carbocycles. The van der Waals surface area contributed by atoms with Crippen molar-refractivity contribution in [1.82, 2.24) is 0 Å². The molecule has 0 atom stereocenters. The number of carbonyl (C=O) groups is 1. The number of anilines is 2. The highest BCUT2D eigenvalue weighted by molar-refractivity contribution is 7.91. The summed E-state index contributed by atoms with van der Waals surface area (Å²) >= 11 is 5.76. The number of amides is 1. The van der Waals surface area contributed by atoms with Crippen LogP contribution in [0.1, 0.15) is 12.8 Å². The van der Waals surface area contributed by atoms with Gasteiger partial charge in [-0.2, -0.15) is 8.78 Å². The number of rotatable bonds is 8. The Hall–Kier alpha value is -2.19. The van der Waals surface area contributed by atoms with Crippen molar-refractivity contribution in [2.24, 2.45) is 0 Å².